The van der Waals surface area contributed by atoms with Crippen LogP contribution in [-0.2, 0) is 14.8 Å². The molecule has 1 amide bonds. The van der Waals surface area contributed by atoms with Gasteiger partial charge in [0.2, 0.25) is 15.9 Å². The lowest BCUT2D eigenvalue weighted by atomic mass is 10.2. The third-order valence-electron chi connectivity index (χ3n) is 6.03. The Morgan fingerprint density at radius 3 is 2.24 bits per heavy atom. The predicted octanol–water partition coefficient (Wildman–Crippen LogP) is 3.15. The van der Waals surface area contributed by atoms with E-state index >= 15 is 0 Å². The second kappa shape index (κ2) is 12.1. The number of sulfonamides is 1. The molecule has 0 unspecified atom stereocenters. The van der Waals surface area contributed by atoms with Gasteiger partial charge in [-0.3, -0.25) is 14.5 Å². The van der Waals surface area contributed by atoms with E-state index in [1.54, 1.807) is 0 Å². The first-order chi connectivity index (χ1) is 16.3. The summed E-state index contributed by atoms with van der Waals surface area (Å²) in [4.78, 5) is 28.3. The minimum absolute atomic E-state index is 0.0658. The quantitative estimate of drug-likeness (QED) is 0.485. The summed E-state index contributed by atoms with van der Waals surface area (Å²) in [5.74, 6) is -0.0450. The lowest BCUT2D eigenvalue weighted by Gasteiger charge is -2.34. The largest absolute Gasteiger partial charge is 0.340 e. The lowest BCUT2D eigenvalue weighted by molar-refractivity contribution is -0.133. The SMILES string of the molecule is CC(=O)c1ccc(S(=O)(=O)N(C)CCCC(=O)N2CCN(CC=Cc3ccccc3)CC2)cc1. The van der Waals surface area contributed by atoms with Crippen LogP contribution in [0.2, 0.25) is 0 Å². The van der Waals surface area contributed by atoms with Gasteiger partial charge in [-0.2, -0.15) is 0 Å². The Morgan fingerprint density at radius 1 is 0.971 bits per heavy atom. The molecule has 1 fully saturated rings. The number of hydrogen-bond acceptors (Lipinski definition) is 5. The van der Waals surface area contributed by atoms with Crippen LogP contribution in [0.15, 0.2) is 65.6 Å². The molecule has 1 aliphatic heterocycles. The Labute approximate surface area is 202 Å². The van der Waals surface area contributed by atoms with Crippen molar-refractivity contribution in [1.29, 1.82) is 0 Å². The first-order valence-corrected chi connectivity index (χ1v) is 13.0. The standard InChI is InChI=1S/C26H33N3O4S/c1-22(30)24-12-14-25(15-13-24)34(32,33)27(2)16-7-11-26(31)29-20-18-28(19-21-29)17-6-10-23-8-4-3-5-9-23/h3-6,8-10,12-15H,7,11,16-21H2,1-2H3. The first-order valence-electron chi connectivity index (χ1n) is 11.6. The molecule has 7 nitrogen and oxygen atoms in total. The molecule has 2 aromatic carbocycles. The van der Waals surface area contributed by atoms with Crippen molar-refractivity contribution in [2.45, 2.75) is 24.7 Å². The lowest BCUT2D eigenvalue weighted by Crippen LogP contribution is -2.48. The Bertz CT molecular complexity index is 1090. The summed E-state index contributed by atoms with van der Waals surface area (Å²) >= 11 is 0. The summed E-state index contributed by atoms with van der Waals surface area (Å²) in [5.41, 5.74) is 1.65. The smallest absolute Gasteiger partial charge is 0.242 e. The van der Waals surface area contributed by atoms with Crippen LogP contribution in [0.1, 0.15) is 35.7 Å². The summed E-state index contributed by atoms with van der Waals surface area (Å²) in [6.07, 6.45) is 5.04. The minimum atomic E-state index is -3.66. The molecule has 0 radical (unpaired) electrons. The molecule has 0 aromatic heterocycles. The first kappa shape index (κ1) is 25.8. The van der Waals surface area contributed by atoms with Crippen molar-refractivity contribution in [1.82, 2.24) is 14.1 Å². The van der Waals surface area contributed by atoms with Crippen LogP contribution >= 0.6 is 0 Å². The van der Waals surface area contributed by atoms with Crippen molar-refractivity contribution in [2.75, 3.05) is 46.3 Å². The molecule has 0 saturated carbocycles. The maximum absolute atomic E-state index is 12.7. The van der Waals surface area contributed by atoms with Gasteiger partial charge in [-0.15, -0.1) is 0 Å². The number of carbonyl (C=O) groups excluding carboxylic acids is 2. The van der Waals surface area contributed by atoms with E-state index in [0.717, 1.165) is 19.6 Å². The fourth-order valence-corrected chi connectivity index (χ4v) is 5.06. The van der Waals surface area contributed by atoms with Gasteiger partial charge < -0.3 is 4.90 Å². The van der Waals surface area contributed by atoms with E-state index in [4.69, 9.17) is 0 Å². The average molecular weight is 484 g/mol. The highest BCUT2D eigenvalue weighted by molar-refractivity contribution is 7.89. The zero-order chi connectivity index (χ0) is 24.6. The zero-order valence-electron chi connectivity index (χ0n) is 19.9. The van der Waals surface area contributed by atoms with Gasteiger partial charge in [0, 0.05) is 58.3 Å². The topological polar surface area (TPSA) is 78.0 Å². The zero-order valence-corrected chi connectivity index (χ0v) is 20.7. The van der Waals surface area contributed by atoms with E-state index in [9.17, 15) is 18.0 Å². The third kappa shape index (κ3) is 7.09. The van der Waals surface area contributed by atoms with Crippen LogP contribution < -0.4 is 0 Å². The number of benzene rings is 2. The number of piperazine rings is 1. The Kier molecular flexibility index (Phi) is 9.15. The van der Waals surface area contributed by atoms with Crippen LogP contribution in [0.25, 0.3) is 6.08 Å². The molecule has 0 spiro atoms. The number of nitrogens with zero attached hydrogens (tertiary/aromatic N) is 3. The number of carbonyl (C=O) groups is 2. The molecule has 1 heterocycles. The van der Waals surface area contributed by atoms with Crippen molar-refractivity contribution < 1.29 is 18.0 Å². The van der Waals surface area contributed by atoms with Crippen molar-refractivity contribution in [3.63, 3.8) is 0 Å². The molecular weight excluding hydrogens is 450 g/mol. The molecule has 2 aromatic rings. The maximum Gasteiger partial charge on any atom is 0.242 e. The summed E-state index contributed by atoms with van der Waals surface area (Å²) < 4.78 is 26.7. The number of Topliss-reactive ketones (excluding diaryl/α,β-unsaturated/α-hetero) is 1. The predicted molar refractivity (Wildman–Crippen MR) is 134 cm³/mol. The normalized spacial score (nSPS) is 15.2. The van der Waals surface area contributed by atoms with Crippen LogP contribution in [-0.4, -0.2) is 80.5 Å². The van der Waals surface area contributed by atoms with E-state index in [1.165, 1.54) is 48.1 Å². The van der Waals surface area contributed by atoms with Crippen molar-refractivity contribution in [3.8, 4) is 0 Å². The number of rotatable bonds is 10. The highest BCUT2D eigenvalue weighted by Gasteiger charge is 2.23. The van der Waals surface area contributed by atoms with Gasteiger partial charge in [0.25, 0.3) is 0 Å². The van der Waals surface area contributed by atoms with Crippen molar-refractivity contribution >= 4 is 27.8 Å². The van der Waals surface area contributed by atoms with Crippen LogP contribution in [0.3, 0.4) is 0 Å². The second-order valence-corrected chi connectivity index (χ2v) is 10.6. The monoisotopic (exact) mass is 483 g/mol. The fraction of sp³-hybridized carbons (Fsp3) is 0.385. The second-order valence-electron chi connectivity index (χ2n) is 8.51. The van der Waals surface area contributed by atoms with E-state index in [-0.39, 0.29) is 23.1 Å². The van der Waals surface area contributed by atoms with E-state index < -0.39 is 10.0 Å². The molecule has 0 N–H and O–H groups in total. The molecular formula is C26H33N3O4S. The molecule has 3 rings (SSSR count). The van der Waals surface area contributed by atoms with E-state index in [0.29, 0.717) is 31.5 Å². The number of amides is 1. The summed E-state index contributed by atoms with van der Waals surface area (Å²) in [7, 11) is -2.14. The molecule has 182 valence electrons. The van der Waals surface area contributed by atoms with Crippen LogP contribution in [0, 0.1) is 0 Å². The average Bonchev–Trinajstić information content (AvgIpc) is 2.85. The fourth-order valence-electron chi connectivity index (χ4n) is 3.85. The molecule has 1 aliphatic rings. The molecule has 8 heteroatoms. The maximum atomic E-state index is 12.7. The van der Waals surface area contributed by atoms with Crippen LogP contribution in [0.5, 0.6) is 0 Å². The number of hydrogen-bond donors (Lipinski definition) is 0. The Morgan fingerprint density at radius 2 is 1.62 bits per heavy atom. The summed E-state index contributed by atoms with van der Waals surface area (Å²) in [6.45, 7) is 5.59. The van der Waals surface area contributed by atoms with Gasteiger partial charge in [-0.25, -0.2) is 12.7 Å². The highest BCUT2D eigenvalue weighted by atomic mass is 32.2. The molecule has 34 heavy (non-hydrogen) atoms. The Hall–Kier alpha value is -2.81. The van der Waals surface area contributed by atoms with Gasteiger partial charge in [0.1, 0.15) is 0 Å². The van der Waals surface area contributed by atoms with Gasteiger partial charge in [0.05, 0.1) is 4.90 Å². The molecule has 0 bridgehead atoms. The molecule has 0 atom stereocenters. The molecule has 1 saturated heterocycles. The third-order valence-corrected chi connectivity index (χ3v) is 7.90. The van der Waals surface area contributed by atoms with Crippen LogP contribution in [0.4, 0.5) is 0 Å². The van der Waals surface area contributed by atoms with E-state index in [2.05, 4.69) is 29.2 Å². The summed E-state index contributed by atoms with van der Waals surface area (Å²) in [5, 5.41) is 0. The molecule has 0 aliphatic carbocycles. The van der Waals surface area contributed by atoms with Gasteiger partial charge >= 0.3 is 0 Å². The van der Waals surface area contributed by atoms with Crippen molar-refractivity contribution in [3.05, 3.63) is 71.8 Å². The van der Waals surface area contributed by atoms with Gasteiger partial charge in [0.15, 0.2) is 5.78 Å². The van der Waals surface area contributed by atoms with Crippen molar-refractivity contribution in [2.24, 2.45) is 0 Å². The van der Waals surface area contributed by atoms with E-state index in [1.807, 2.05) is 23.1 Å². The highest BCUT2D eigenvalue weighted by Crippen LogP contribution is 2.16. The number of ketones is 1. The minimum Gasteiger partial charge on any atom is -0.340 e. The Balaban J connectivity index is 1.39. The van der Waals surface area contributed by atoms with Gasteiger partial charge in [-0.05, 0) is 31.0 Å². The van der Waals surface area contributed by atoms with Gasteiger partial charge in [-0.1, -0.05) is 54.6 Å². The summed E-state index contributed by atoms with van der Waals surface area (Å²) in [6, 6.07) is 16.1.